The Morgan fingerprint density at radius 3 is 2.47 bits per heavy atom. The molecule has 0 radical (unpaired) electrons. The van der Waals surface area contributed by atoms with Crippen molar-refractivity contribution >= 4 is 17.4 Å². The van der Waals surface area contributed by atoms with E-state index in [0.29, 0.717) is 6.54 Å². The lowest BCUT2D eigenvalue weighted by molar-refractivity contribution is 0.386. The van der Waals surface area contributed by atoms with E-state index >= 15 is 0 Å². The summed E-state index contributed by atoms with van der Waals surface area (Å²) >= 11 is 1.71. The van der Waals surface area contributed by atoms with E-state index in [2.05, 4.69) is 29.6 Å². The first-order valence-electron chi connectivity index (χ1n) is 5.93. The normalized spacial score (nSPS) is 10.3. The summed E-state index contributed by atoms with van der Waals surface area (Å²) in [4.78, 5) is 1.24. The highest BCUT2D eigenvalue weighted by Crippen LogP contribution is 2.21. The first-order chi connectivity index (χ1) is 9.22. The first-order valence-corrected chi connectivity index (χ1v) is 7.15. The predicted octanol–water partition coefficient (Wildman–Crippen LogP) is 4.17. The molecule has 0 heterocycles. The number of rotatable bonds is 5. The summed E-state index contributed by atoms with van der Waals surface area (Å²) in [6, 6.07) is 13.2. The Kier molecular flexibility index (Phi) is 4.68. The maximum Gasteiger partial charge on any atom is 0.167 e. The summed E-state index contributed by atoms with van der Waals surface area (Å²) in [5.74, 6) is -0.0971. The fourth-order valence-electron chi connectivity index (χ4n) is 1.72. The van der Waals surface area contributed by atoms with Gasteiger partial charge in [0, 0.05) is 23.2 Å². The summed E-state index contributed by atoms with van der Waals surface area (Å²) < 4.78 is 18.4. The highest BCUT2D eigenvalue weighted by Gasteiger charge is 2.03. The van der Waals surface area contributed by atoms with E-state index in [9.17, 15) is 4.39 Å². The van der Waals surface area contributed by atoms with Crippen LogP contribution < -0.4 is 10.1 Å². The van der Waals surface area contributed by atoms with Crippen LogP contribution in [0.15, 0.2) is 47.4 Å². The van der Waals surface area contributed by atoms with E-state index in [1.807, 2.05) is 6.26 Å². The Labute approximate surface area is 117 Å². The number of hydrogen-bond donors (Lipinski definition) is 1. The van der Waals surface area contributed by atoms with Crippen LogP contribution in [0.2, 0.25) is 0 Å². The molecule has 0 aliphatic heterocycles. The predicted molar refractivity (Wildman–Crippen MR) is 78.5 cm³/mol. The van der Waals surface area contributed by atoms with Gasteiger partial charge in [-0.1, -0.05) is 12.1 Å². The number of thioether (sulfide) groups is 1. The Morgan fingerprint density at radius 1 is 1.16 bits per heavy atom. The van der Waals surface area contributed by atoms with Gasteiger partial charge in [0.15, 0.2) is 11.6 Å². The molecule has 2 aromatic rings. The van der Waals surface area contributed by atoms with Crippen molar-refractivity contribution in [1.82, 2.24) is 0 Å². The second-order valence-corrected chi connectivity index (χ2v) is 4.93. The molecule has 100 valence electrons. The zero-order chi connectivity index (χ0) is 13.7. The molecule has 0 spiro atoms. The molecule has 0 saturated heterocycles. The minimum absolute atomic E-state index is 0.259. The SMILES string of the molecule is COc1ccc(NCc2ccc(SC)cc2)cc1F. The molecular weight excluding hydrogens is 261 g/mol. The summed E-state index contributed by atoms with van der Waals surface area (Å²) in [6.07, 6.45) is 2.05. The molecule has 19 heavy (non-hydrogen) atoms. The van der Waals surface area contributed by atoms with Crippen LogP contribution in [-0.4, -0.2) is 13.4 Å². The maximum atomic E-state index is 13.5. The van der Waals surface area contributed by atoms with Crippen molar-refractivity contribution in [3.63, 3.8) is 0 Å². The molecule has 0 atom stereocenters. The third kappa shape index (κ3) is 3.64. The van der Waals surface area contributed by atoms with E-state index in [0.717, 1.165) is 11.3 Å². The van der Waals surface area contributed by atoms with Crippen LogP contribution in [0.1, 0.15) is 5.56 Å². The fourth-order valence-corrected chi connectivity index (χ4v) is 2.13. The van der Waals surface area contributed by atoms with Crippen LogP contribution >= 0.6 is 11.8 Å². The third-order valence-corrected chi connectivity index (χ3v) is 3.55. The summed E-state index contributed by atoms with van der Waals surface area (Å²) in [5.41, 5.74) is 1.90. The van der Waals surface area contributed by atoms with Crippen LogP contribution in [-0.2, 0) is 6.54 Å². The van der Waals surface area contributed by atoms with Crippen molar-refractivity contribution < 1.29 is 9.13 Å². The van der Waals surface area contributed by atoms with Crippen molar-refractivity contribution in [2.75, 3.05) is 18.7 Å². The molecule has 2 nitrogen and oxygen atoms in total. The largest absolute Gasteiger partial charge is 0.494 e. The Bertz CT molecular complexity index is 542. The van der Waals surface area contributed by atoms with Crippen molar-refractivity contribution in [2.45, 2.75) is 11.4 Å². The lowest BCUT2D eigenvalue weighted by Crippen LogP contribution is -2.00. The molecule has 0 aromatic heterocycles. The average Bonchev–Trinajstić information content (AvgIpc) is 2.46. The molecule has 0 saturated carbocycles. The van der Waals surface area contributed by atoms with Gasteiger partial charge in [-0.05, 0) is 36.1 Å². The van der Waals surface area contributed by atoms with E-state index < -0.39 is 0 Å². The lowest BCUT2D eigenvalue weighted by atomic mass is 10.2. The highest BCUT2D eigenvalue weighted by atomic mass is 32.2. The number of hydrogen-bond acceptors (Lipinski definition) is 3. The Morgan fingerprint density at radius 2 is 1.89 bits per heavy atom. The van der Waals surface area contributed by atoms with Crippen LogP contribution in [0.25, 0.3) is 0 Å². The van der Waals surface area contributed by atoms with E-state index in [1.54, 1.807) is 23.9 Å². The van der Waals surface area contributed by atoms with Gasteiger partial charge in [0.1, 0.15) is 0 Å². The highest BCUT2D eigenvalue weighted by molar-refractivity contribution is 7.98. The smallest absolute Gasteiger partial charge is 0.167 e. The molecule has 2 aromatic carbocycles. The summed E-state index contributed by atoms with van der Waals surface area (Å²) in [5, 5.41) is 3.19. The topological polar surface area (TPSA) is 21.3 Å². The number of ether oxygens (including phenoxy) is 1. The number of anilines is 1. The summed E-state index contributed by atoms with van der Waals surface area (Å²) in [6.45, 7) is 0.667. The molecule has 4 heteroatoms. The molecule has 2 rings (SSSR count). The average molecular weight is 277 g/mol. The maximum absolute atomic E-state index is 13.5. The van der Waals surface area contributed by atoms with Crippen LogP contribution in [0.5, 0.6) is 5.75 Å². The molecule has 0 amide bonds. The monoisotopic (exact) mass is 277 g/mol. The van der Waals surface area contributed by atoms with Crippen molar-refractivity contribution in [2.24, 2.45) is 0 Å². The van der Waals surface area contributed by atoms with E-state index in [1.165, 1.54) is 18.1 Å². The van der Waals surface area contributed by atoms with Crippen molar-refractivity contribution in [1.29, 1.82) is 0 Å². The number of nitrogens with one attached hydrogen (secondary N) is 1. The van der Waals surface area contributed by atoms with Gasteiger partial charge in [0.2, 0.25) is 0 Å². The van der Waals surface area contributed by atoms with Crippen LogP contribution in [0, 0.1) is 5.82 Å². The zero-order valence-electron chi connectivity index (χ0n) is 10.9. The Balaban J connectivity index is 1.99. The summed E-state index contributed by atoms with van der Waals surface area (Å²) in [7, 11) is 1.46. The van der Waals surface area contributed by atoms with E-state index in [-0.39, 0.29) is 11.6 Å². The lowest BCUT2D eigenvalue weighted by Gasteiger charge is -2.09. The van der Waals surface area contributed by atoms with Crippen molar-refractivity contribution in [3.8, 4) is 5.75 Å². The first kappa shape index (κ1) is 13.7. The second kappa shape index (κ2) is 6.48. The Hall–Kier alpha value is -1.68. The van der Waals surface area contributed by atoms with Gasteiger partial charge < -0.3 is 10.1 Å². The molecule has 0 aliphatic rings. The minimum atomic E-state index is -0.356. The van der Waals surface area contributed by atoms with Gasteiger partial charge in [-0.15, -0.1) is 11.8 Å². The fraction of sp³-hybridized carbons (Fsp3) is 0.200. The minimum Gasteiger partial charge on any atom is -0.494 e. The van der Waals surface area contributed by atoms with Gasteiger partial charge in [0.25, 0.3) is 0 Å². The van der Waals surface area contributed by atoms with Crippen molar-refractivity contribution in [3.05, 3.63) is 53.8 Å². The number of halogens is 1. The second-order valence-electron chi connectivity index (χ2n) is 4.05. The molecule has 0 unspecified atom stereocenters. The van der Waals surface area contributed by atoms with Crippen LogP contribution in [0.4, 0.5) is 10.1 Å². The van der Waals surface area contributed by atoms with Gasteiger partial charge in [-0.3, -0.25) is 0 Å². The molecule has 0 aliphatic carbocycles. The zero-order valence-corrected chi connectivity index (χ0v) is 11.8. The van der Waals surface area contributed by atoms with Gasteiger partial charge in [-0.25, -0.2) is 4.39 Å². The molecule has 0 fully saturated rings. The number of methoxy groups -OCH3 is 1. The molecular formula is C15H16FNOS. The standard InChI is InChI=1S/C15H16FNOS/c1-18-15-8-5-12(9-14(15)16)17-10-11-3-6-13(19-2)7-4-11/h3-9,17H,10H2,1-2H3. The van der Waals surface area contributed by atoms with Gasteiger partial charge in [0.05, 0.1) is 7.11 Å². The van der Waals surface area contributed by atoms with Crippen LogP contribution in [0.3, 0.4) is 0 Å². The van der Waals surface area contributed by atoms with Gasteiger partial charge in [-0.2, -0.15) is 0 Å². The quantitative estimate of drug-likeness (QED) is 0.829. The molecule has 0 bridgehead atoms. The molecule has 1 N–H and O–H groups in total. The van der Waals surface area contributed by atoms with E-state index in [4.69, 9.17) is 4.74 Å². The number of benzene rings is 2. The third-order valence-electron chi connectivity index (χ3n) is 2.81. The van der Waals surface area contributed by atoms with Gasteiger partial charge >= 0.3 is 0 Å².